The number of allylic oxidation sites excluding steroid dienone is 2. The van der Waals surface area contributed by atoms with Gasteiger partial charge in [-0.25, -0.2) is 0 Å². The van der Waals surface area contributed by atoms with E-state index in [1.54, 1.807) is 0 Å². The maximum atomic E-state index is 8.67. The van der Waals surface area contributed by atoms with E-state index in [0.717, 1.165) is 0 Å². The molecule has 0 spiro atoms. The zero-order valence-electron chi connectivity index (χ0n) is 8.01. The summed E-state index contributed by atoms with van der Waals surface area (Å²) in [6.07, 6.45) is 6.78. The van der Waals surface area contributed by atoms with E-state index in [0.29, 0.717) is 18.3 Å². The van der Waals surface area contributed by atoms with E-state index in [9.17, 15) is 0 Å². The zero-order chi connectivity index (χ0) is 8.97. The van der Waals surface area contributed by atoms with Crippen molar-refractivity contribution in [2.45, 2.75) is 39.5 Å². The Balaban J connectivity index is 2.59. The predicted molar refractivity (Wildman–Crippen MR) is 50.5 cm³/mol. The summed E-state index contributed by atoms with van der Waals surface area (Å²) in [7, 11) is 0. The van der Waals surface area contributed by atoms with Gasteiger partial charge in [0.1, 0.15) is 0 Å². The Kier molecular flexibility index (Phi) is 3.34. The monoisotopic (exact) mass is 163 g/mol. The summed E-state index contributed by atoms with van der Waals surface area (Å²) in [5.41, 5.74) is 1.53. The van der Waals surface area contributed by atoms with Gasteiger partial charge in [-0.3, -0.25) is 0 Å². The lowest BCUT2D eigenvalue weighted by Gasteiger charge is -2.19. The van der Waals surface area contributed by atoms with Crippen LogP contribution in [0, 0.1) is 23.2 Å². The summed E-state index contributed by atoms with van der Waals surface area (Å²) in [4.78, 5) is 0. The highest BCUT2D eigenvalue weighted by Crippen LogP contribution is 2.31. The first-order chi connectivity index (χ1) is 5.75. The second kappa shape index (κ2) is 4.30. The summed E-state index contributed by atoms with van der Waals surface area (Å²) in [5, 5.41) is 8.67. The molecule has 0 amide bonds. The highest BCUT2D eigenvalue weighted by Gasteiger charge is 2.19. The highest BCUT2D eigenvalue weighted by atomic mass is 14.3. The molecule has 1 rings (SSSR count). The van der Waals surface area contributed by atoms with Gasteiger partial charge in [0.25, 0.3) is 0 Å². The van der Waals surface area contributed by atoms with Crippen molar-refractivity contribution < 1.29 is 0 Å². The molecule has 0 aromatic heterocycles. The molecule has 0 unspecified atom stereocenters. The van der Waals surface area contributed by atoms with Crippen LogP contribution < -0.4 is 0 Å². The number of rotatable bonds is 3. The lowest BCUT2D eigenvalue weighted by Crippen LogP contribution is -2.09. The molecule has 0 saturated heterocycles. The van der Waals surface area contributed by atoms with Crippen LogP contribution in [0.1, 0.15) is 39.5 Å². The molecule has 0 aromatic carbocycles. The van der Waals surface area contributed by atoms with Crippen LogP contribution in [0.25, 0.3) is 0 Å². The second-order valence-corrected chi connectivity index (χ2v) is 3.88. The second-order valence-electron chi connectivity index (χ2n) is 3.88. The van der Waals surface area contributed by atoms with Gasteiger partial charge in [0.15, 0.2) is 0 Å². The summed E-state index contributed by atoms with van der Waals surface area (Å²) < 4.78 is 0. The molecule has 1 heteroatoms. The Morgan fingerprint density at radius 2 is 2.33 bits per heavy atom. The summed E-state index contributed by atoms with van der Waals surface area (Å²) in [6.45, 7) is 4.42. The fraction of sp³-hybridized carbons (Fsp3) is 0.727. The first-order valence-electron chi connectivity index (χ1n) is 4.81. The average Bonchev–Trinajstić information content (AvgIpc) is 2.51. The van der Waals surface area contributed by atoms with Crippen LogP contribution in [0.5, 0.6) is 0 Å². The van der Waals surface area contributed by atoms with Gasteiger partial charge in [0, 0.05) is 6.42 Å². The fourth-order valence-corrected chi connectivity index (χ4v) is 1.93. The Bertz CT molecular complexity index is 208. The van der Waals surface area contributed by atoms with Gasteiger partial charge >= 0.3 is 0 Å². The lowest BCUT2D eigenvalue weighted by molar-refractivity contribution is 0.442. The minimum absolute atomic E-state index is 0.525. The molecule has 0 saturated carbocycles. The molecular weight excluding hydrogens is 146 g/mol. The van der Waals surface area contributed by atoms with Crippen molar-refractivity contribution in [1.82, 2.24) is 0 Å². The third-order valence-electron chi connectivity index (χ3n) is 2.67. The van der Waals surface area contributed by atoms with Gasteiger partial charge in [0.2, 0.25) is 0 Å². The minimum atomic E-state index is 0.525. The Hall–Kier alpha value is -0.770. The molecule has 0 fully saturated rings. The van der Waals surface area contributed by atoms with E-state index >= 15 is 0 Å². The van der Waals surface area contributed by atoms with Gasteiger partial charge in [-0.05, 0) is 31.1 Å². The van der Waals surface area contributed by atoms with E-state index < -0.39 is 0 Å². The van der Waals surface area contributed by atoms with Crippen LogP contribution in [0.4, 0.5) is 0 Å². The van der Waals surface area contributed by atoms with Crippen molar-refractivity contribution in [2.24, 2.45) is 11.8 Å². The van der Waals surface area contributed by atoms with Crippen LogP contribution in [0.2, 0.25) is 0 Å². The molecule has 66 valence electrons. The molecular formula is C11H17N. The van der Waals surface area contributed by atoms with Crippen LogP contribution in [0.3, 0.4) is 0 Å². The Morgan fingerprint density at radius 1 is 1.58 bits per heavy atom. The van der Waals surface area contributed by atoms with Gasteiger partial charge in [-0.1, -0.05) is 25.5 Å². The molecule has 1 aliphatic rings. The van der Waals surface area contributed by atoms with E-state index in [4.69, 9.17) is 5.26 Å². The molecule has 0 radical (unpaired) electrons. The normalized spacial score (nSPS) is 19.0. The van der Waals surface area contributed by atoms with E-state index in [2.05, 4.69) is 26.0 Å². The molecule has 0 aliphatic heterocycles. The van der Waals surface area contributed by atoms with Gasteiger partial charge in [-0.15, -0.1) is 0 Å². The van der Waals surface area contributed by atoms with Crippen molar-refractivity contribution >= 4 is 0 Å². The Labute approximate surface area is 75.1 Å². The van der Waals surface area contributed by atoms with Crippen molar-refractivity contribution in [2.75, 3.05) is 0 Å². The van der Waals surface area contributed by atoms with Crippen LogP contribution >= 0.6 is 0 Å². The van der Waals surface area contributed by atoms with E-state index in [1.807, 2.05) is 0 Å². The third kappa shape index (κ3) is 2.11. The van der Waals surface area contributed by atoms with Crippen molar-refractivity contribution in [3.63, 3.8) is 0 Å². The number of hydrogen-bond donors (Lipinski definition) is 0. The molecule has 0 N–H and O–H groups in total. The molecule has 0 heterocycles. The molecule has 0 aromatic rings. The number of nitriles is 1. The maximum Gasteiger partial charge on any atom is 0.0628 e. The number of hydrogen-bond acceptors (Lipinski definition) is 1. The summed E-state index contributed by atoms with van der Waals surface area (Å²) >= 11 is 0. The van der Waals surface area contributed by atoms with Gasteiger partial charge in [0.05, 0.1) is 6.07 Å². The van der Waals surface area contributed by atoms with Crippen molar-refractivity contribution in [3.8, 4) is 6.07 Å². The topological polar surface area (TPSA) is 23.8 Å². The first-order valence-corrected chi connectivity index (χ1v) is 4.81. The Morgan fingerprint density at radius 3 is 2.75 bits per heavy atom. The summed E-state index contributed by atoms with van der Waals surface area (Å²) in [6, 6.07) is 2.29. The van der Waals surface area contributed by atoms with E-state index in [1.165, 1.54) is 24.8 Å². The first kappa shape index (κ1) is 9.32. The molecule has 1 aliphatic carbocycles. The average molecular weight is 163 g/mol. The molecule has 1 atom stereocenters. The SMILES string of the molecule is CC(C)[C@H](CC#N)C1=CCCC1. The van der Waals surface area contributed by atoms with Crippen LogP contribution in [0.15, 0.2) is 11.6 Å². The largest absolute Gasteiger partial charge is 0.198 e. The van der Waals surface area contributed by atoms with Crippen molar-refractivity contribution in [1.29, 1.82) is 5.26 Å². The smallest absolute Gasteiger partial charge is 0.0628 e. The number of nitrogens with zero attached hydrogens (tertiary/aromatic N) is 1. The van der Waals surface area contributed by atoms with Crippen LogP contribution in [-0.4, -0.2) is 0 Å². The molecule has 12 heavy (non-hydrogen) atoms. The maximum absolute atomic E-state index is 8.67. The third-order valence-corrected chi connectivity index (χ3v) is 2.67. The minimum Gasteiger partial charge on any atom is -0.198 e. The predicted octanol–water partition coefficient (Wildman–Crippen LogP) is 3.28. The highest BCUT2D eigenvalue weighted by molar-refractivity contribution is 5.13. The van der Waals surface area contributed by atoms with E-state index in [-0.39, 0.29) is 0 Å². The zero-order valence-corrected chi connectivity index (χ0v) is 8.01. The fourth-order valence-electron chi connectivity index (χ4n) is 1.93. The van der Waals surface area contributed by atoms with Crippen molar-refractivity contribution in [3.05, 3.63) is 11.6 Å². The molecule has 1 nitrogen and oxygen atoms in total. The standard InChI is InChI=1S/C11H17N/c1-9(2)11(7-8-12)10-5-3-4-6-10/h5,9,11H,3-4,6-7H2,1-2H3/t11-/m0/s1. The van der Waals surface area contributed by atoms with Gasteiger partial charge in [-0.2, -0.15) is 5.26 Å². The van der Waals surface area contributed by atoms with Gasteiger partial charge < -0.3 is 0 Å². The quantitative estimate of drug-likeness (QED) is 0.586. The molecule has 0 bridgehead atoms. The lowest BCUT2D eigenvalue weighted by atomic mass is 9.85. The summed E-state index contributed by atoms with van der Waals surface area (Å²) in [5.74, 6) is 1.14. The van der Waals surface area contributed by atoms with Crippen LogP contribution in [-0.2, 0) is 0 Å².